The van der Waals surface area contributed by atoms with Crippen LogP contribution in [0.2, 0.25) is 0 Å². The first-order chi connectivity index (χ1) is 11.4. The van der Waals surface area contributed by atoms with Crippen molar-refractivity contribution in [2.45, 2.75) is 36.8 Å². The number of amides is 1. The predicted octanol–water partition coefficient (Wildman–Crippen LogP) is 1.65. The number of nitrogens with one attached hydrogen (secondary N) is 1. The van der Waals surface area contributed by atoms with Crippen LogP contribution >= 0.6 is 12.4 Å². The Bertz CT molecular complexity index is 673. The van der Waals surface area contributed by atoms with Gasteiger partial charge in [-0.2, -0.15) is 0 Å². The van der Waals surface area contributed by atoms with Gasteiger partial charge in [0.2, 0.25) is 5.91 Å². The molecule has 1 saturated heterocycles. The quantitative estimate of drug-likeness (QED) is 0.784. The minimum atomic E-state index is -0.996. The zero-order valence-electron chi connectivity index (χ0n) is 14.0. The molecule has 0 unspecified atom stereocenters. The lowest BCUT2D eigenvalue weighted by atomic mass is 9.89. The van der Waals surface area contributed by atoms with E-state index in [1.807, 2.05) is 0 Å². The Hall–Kier alpha value is -1.70. The maximum atomic E-state index is 14.7. The summed E-state index contributed by atoms with van der Waals surface area (Å²) in [6.07, 6.45) is 2.07. The first-order valence-corrected chi connectivity index (χ1v) is 7.98. The molecule has 1 aromatic rings. The van der Waals surface area contributed by atoms with Gasteiger partial charge < -0.3 is 20.5 Å². The first-order valence-electron chi connectivity index (χ1n) is 7.98. The second-order valence-electron chi connectivity index (χ2n) is 6.46. The third-order valence-electron chi connectivity index (χ3n) is 4.86. The highest BCUT2D eigenvalue weighted by atomic mass is 35.5. The smallest absolute Gasteiger partial charge is 0.340 e. The summed E-state index contributed by atoms with van der Waals surface area (Å²) < 4.78 is 24.6. The SMILES string of the molecule is COC(=O)c1cccc(C2(NC(=O)C3(N)CCOCC3)CC2)c1F.Cl. The van der Waals surface area contributed by atoms with E-state index in [4.69, 9.17) is 10.5 Å². The van der Waals surface area contributed by atoms with Crippen LogP contribution in [0.4, 0.5) is 4.39 Å². The fraction of sp³-hybridized carbons (Fsp3) is 0.529. The average Bonchev–Trinajstić information content (AvgIpc) is 3.35. The van der Waals surface area contributed by atoms with Crippen LogP contribution in [0.15, 0.2) is 18.2 Å². The number of methoxy groups -OCH3 is 1. The van der Waals surface area contributed by atoms with Crippen molar-refractivity contribution in [3.05, 3.63) is 35.1 Å². The van der Waals surface area contributed by atoms with Crippen LogP contribution in [0.5, 0.6) is 0 Å². The van der Waals surface area contributed by atoms with Crippen molar-refractivity contribution in [3.63, 3.8) is 0 Å². The maximum absolute atomic E-state index is 14.7. The second-order valence-corrected chi connectivity index (χ2v) is 6.46. The molecule has 1 aromatic carbocycles. The van der Waals surface area contributed by atoms with Gasteiger partial charge in [0.15, 0.2) is 0 Å². The number of carbonyl (C=O) groups excluding carboxylic acids is 2. The third-order valence-corrected chi connectivity index (χ3v) is 4.86. The van der Waals surface area contributed by atoms with Crippen LogP contribution in [-0.4, -0.2) is 37.7 Å². The molecule has 0 radical (unpaired) electrons. The molecule has 0 aromatic heterocycles. The molecule has 2 aliphatic rings. The number of nitrogens with two attached hydrogens (primary N) is 1. The molecular formula is C17H22ClFN2O4. The van der Waals surface area contributed by atoms with Crippen molar-refractivity contribution in [2.75, 3.05) is 20.3 Å². The van der Waals surface area contributed by atoms with E-state index in [9.17, 15) is 14.0 Å². The molecule has 138 valence electrons. The van der Waals surface area contributed by atoms with Crippen LogP contribution in [0.25, 0.3) is 0 Å². The molecule has 1 aliphatic heterocycles. The molecule has 1 saturated carbocycles. The molecule has 1 heterocycles. The van der Waals surface area contributed by atoms with E-state index >= 15 is 0 Å². The zero-order valence-corrected chi connectivity index (χ0v) is 14.8. The van der Waals surface area contributed by atoms with Gasteiger partial charge in [0, 0.05) is 18.8 Å². The van der Waals surface area contributed by atoms with Crippen LogP contribution in [0, 0.1) is 5.82 Å². The molecule has 0 spiro atoms. The highest BCUT2D eigenvalue weighted by molar-refractivity contribution is 5.90. The predicted molar refractivity (Wildman–Crippen MR) is 91.0 cm³/mol. The fourth-order valence-electron chi connectivity index (χ4n) is 3.06. The van der Waals surface area contributed by atoms with Gasteiger partial charge in [-0.3, -0.25) is 4.79 Å². The van der Waals surface area contributed by atoms with Gasteiger partial charge in [-0.05, 0) is 31.7 Å². The molecule has 0 bridgehead atoms. The monoisotopic (exact) mass is 372 g/mol. The Morgan fingerprint density at radius 2 is 1.88 bits per heavy atom. The van der Waals surface area contributed by atoms with Crippen molar-refractivity contribution < 1.29 is 23.5 Å². The topological polar surface area (TPSA) is 90.7 Å². The standard InChI is InChI=1S/C17H21FN2O4.ClH/c1-23-14(21)11-3-2-4-12(13(11)18)17(5-6-17)20-15(22)16(19)7-9-24-10-8-16;/h2-4H,5-10,19H2,1H3,(H,20,22);1H. The van der Waals surface area contributed by atoms with E-state index < -0.39 is 22.9 Å². The molecule has 1 aliphatic carbocycles. The van der Waals surface area contributed by atoms with Gasteiger partial charge in [0.1, 0.15) is 5.82 Å². The van der Waals surface area contributed by atoms with E-state index in [0.29, 0.717) is 44.5 Å². The lowest BCUT2D eigenvalue weighted by molar-refractivity contribution is -0.130. The molecule has 1 amide bonds. The lowest BCUT2D eigenvalue weighted by Crippen LogP contribution is -2.58. The van der Waals surface area contributed by atoms with E-state index in [1.165, 1.54) is 13.2 Å². The number of rotatable bonds is 4. The molecule has 25 heavy (non-hydrogen) atoms. The van der Waals surface area contributed by atoms with Crippen LogP contribution in [0.3, 0.4) is 0 Å². The molecule has 2 fully saturated rings. The Kier molecular flexibility index (Phi) is 5.71. The summed E-state index contributed by atoms with van der Waals surface area (Å²) in [5, 5.41) is 2.91. The fourth-order valence-corrected chi connectivity index (χ4v) is 3.06. The molecule has 6 nitrogen and oxygen atoms in total. The summed E-state index contributed by atoms with van der Waals surface area (Å²) in [6.45, 7) is 0.867. The second kappa shape index (κ2) is 7.27. The summed E-state index contributed by atoms with van der Waals surface area (Å²) in [5.74, 6) is -1.69. The normalized spacial score (nSPS) is 20.1. The van der Waals surface area contributed by atoms with Gasteiger partial charge >= 0.3 is 5.97 Å². The number of ether oxygens (including phenoxy) is 2. The Morgan fingerprint density at radius 3 is 2.44 bits per heavy atom. The van der Waals surface area contributed by atoms with E-state index in [-0.39, 0.29) is 23.9 Å². The highest BCUT2D eigenvalue weighted by Crippen LogP contribution is 2.47. The Morgan fingerprint density at radius 1 is 1.24 bits per heavy atom. The first kappa shape index (κ1) is 19.6. The summed E-state index contributed by atoms with van der Waals surface area (Å²) in [7, 11) is 1.20. The van der Waals surface area contributed by atoms with Crippen molar-refractivity contribution in [1.82, 2.24) is 5.32 Å². The maximum Gasteiger partial charge on any atom is 0.340 e. The lowest BCUT2D eigenvalue weighted by Gasteiger charge is -2.33. The highest BCUT2D eigenvalue weighted by Gasteiger charge is 2.50. The molecular weight excluding hydrogens is 351 g/mol. The van der Waals surface area contributed by atoms with E-state index in [2.05, 4.69) is 10.1 Å². The van der Waals surface area contributed by atoms with Crippen molar-refractivity contribution in [1.29, 1.82) is 0 Å². The number of benzene rings is 1. The van der Waals surface area contributed by atoms with Gasteiger partial charge in [-0.1, -0.05) is 12.1 Å². The average molecular weight is 373 g/mol. The van der Waals surface area contributed by atoms with Crippen LogP contribution in [-0.2, 0) is 19.8 Å². The third kappa shape index (κ3) is 3.63. The number of hydrogen-bond donors (Lipinski definition) is 2. The molecule has 8 heteroatoms. The van der Waals surface area contributed by atoms with E-state index in [1.54, 1.807) is 12.1 Å². The number of carbonyl (C=O) groups is 2. The summed E-state index contributed by atoms with van der Waals surface area (Å²) >= 11 is 0. The van der Waals surface area contributed by atoms with Gasteiger partial charge in [0.05, 0.1) is 23.8 Å². The van der Waals surface area contributed by atoms with Crippen LogP contribution in [0.1, 0.15) is 41.6 Å². The van der Waals surface area contributed by atoms with Crippen molar-refractivity contribution in [3.8, 4) is 0 Å². The molecule has 3 rings (SSSR count). The van der Waals surface area contributed by atoms with Gasteiger partial charge in [0.25, 0.3) is 0 Å². The number of halogens is 2. The largest absolute Gasteiger partial charge is 0.465 e. The summed E-state index contributed by atoms with van der Waals surface area (Å²) in [4.78, 5) is 24.3. The Labute approximate surface area is 151 Å². The molecule has 3 N–H and O–H groups in total. The summed E-state index contributed by atoms with van der Waals surface area (Å²) in [5.41, 5.74) is 4.57. The minimum absolute atomic E-state index is 0. The van der Waals surface area contributed by atoms with Crippen LogP contribution < -0.4 is 11.1 Å². The minimum Gasteiger partial charge on any atom is -0.465 e. The van der Waals surface area contributed by atoms with Crippen molar-refractivity contribution in [2.24, 2.45) is 5.73 Å². The molecule has 0 atom stereocenters. The summed E-state index contributed by atoms with van der Waals surface area (Å²) in [6, 6.07) is 4.54. The number of esters is 1. The number of hydrogen-bond acceptors (Lipinski definition) is 5. The van der Waals surface area contributed by atoms with Gasteiger partial charge in [-0.25, -0.2) is 9.18 Å². The Balaban J connectivity index is 0.00000225. The zero-order chi connectivity index (χ0) is 17.4. The van der Waals surface area contributed by atoms with Gasteiger partial charge in [-0.15, -0.1) is 12.4 Å². The van der Waals surface area contributed by atoms with E-state index in [0.717, 1.165) is 0 Å². The van der Waals surface area contributed by atoms with Crippen molar-refractivity contribution >= 4 is 24.3 Å².